The van der Waals surface area contributed by atoms with Crippen molar-refractivity contribution in [1.29, 1.82) is 0 Å². The fourth-order valence-corrected chi connectivity index (χ4v) is 3.21. The first kappa shape index (κ1) is 17.0. The minimum atomic E-state index is -0.932. The van der Waals surface area contributed by atoms with E-state index in [1.54, 1.807) is 6.33 Å². The lowest BCUT2D eigenvalue weighted by molar-refractivity contribution is -0.151. The number of aryl methyl sites for hydroxylation is 1. The summed E-state index contributed by atoms with van der Waals surface area (Å²) in [6.07, 6.45) is 8.78. The molecule has 22 heavy (non-hydrogen) atoms. The van der Waals surface area contributed by atoms with Crippen LogP contribution in [-0.4, -0.2) is 27.2 Å². The van der Waals surface area contributed by atoms with Crippen LogP contribution in [0.1, 0.15) is 58.1 Å². The molecule has 1 aliphatic rings. The second-order valence-electron chi connectivity index (χ2n) is 6.64. The van der Waals surface area contributed by atoms with E-state index in [1.807, 2.05) is 24.7 Å². The summed E-state index contributed by atoms with van der Waals surface area (Å²) in [6.45, 7) is 4.44. The van der Waals surface area contributed by atoms with Gasteiger partial charge in [0.15, 0.2) is 0 Å². The summed E-state index contributed by atoms with van der Waals surface area (Å²) in [4.78, 5) is 16.3. The van der Waals surface area contributed by atoms with Crippen LogP contribution in [0.5, 0.6) is 0 Å². The highest BCUT2D eigenvalue weighted by Crippen LogP contribution is 2.40. The second kappa shape index (κ2) is 7.27. The van der Waals surface area contributed by atoms with Crippen molar-refractivity contribution < 1.29 is 14.6 Å². The molecule has 1 saturated carbocycles. The van der Waals surface area contributed by atoms with E-state index in [9.17, 15) is 9.90 Å². The zero-order chi connectivity index (χ0) is 16.2. The lowest BCUT2D eigenvalue weighted by Gasteiger charge is -2.36. The molecule has 1 aromatic rings. The predicted octanol–water partition coefficient (Wildman–Crippen LogP) is 2.78. The zero-order valence-electron chi connectivity index (χ0n) is 13.9. The first-order valence-electron chi connectivity index (χ1n) is 8.32. The number of hydrogen-bond acceptors (Lipinski definition) is 4. The molecule has 1 heterocycles. The van der Waals surface area contributed by atoms with Crippen molar-refractivity contribution in [2.24, 2.45) is 18.9 Å². The Bertz CT molecular complexity index is 488. The summed E-state index contributed by atoms with van der Waals surface area (Å²) < 4.78 is 7.16. The predicted molar refractivity (Wildman–Crippen MR) is 84.1 cm³/mol. The van der Waals surface area contributed by atoms with Gasteiger partial charge in [0.1, 0.15) is 5.60 Å². The van der Waals surface area contributed by atoms with Gasteiger partial charge in [-0.15, -0.1) is 0 Å². The van der Waals surface area contributed by atoms with E-state index >= 15 is 0 Å². The van der Waals surface area contributed by atoms with E-state index < -0.39 is 5.60 Å². The SMILES string of the molecule is CCCCOC(=O)C1CCC(C(C)(O)c2cn(C)cn2)CC1. The van der Waals surface area contributed by atoms with Crippen molar-refractivity contribution >= 4 is 5.97 Å². The molecular formula is C17H28N2O3. The Morgan fingerprint density at radius 2 is 2.14 bits per heavy atom. The van der Waals surface area contributed by atoms with Gasteiger partial charge in [-0.1, -0.05) is 13.3 Å². The summed E-state index contributed by atoms with van der Waals surface area (Å²) in [5, 5.41) is 10.8. The smallest absolute Gasteiger partial charge is 0.308 e. The van der Waals surface area contributed by atoms with E-state index in [4.69, 9.17) is 4.74 Å². The Hall–Kier alpha value is -1.36. The number of nitrogens with zero attached hydrogens (tertiary/aromatic N) is 2. The zero-order valence-corrected chi connectivity index (χ0v) is 13.9. The number of rotatable bonds is 6. The van der Waals surface area contributed by atoms with Crippen molar-refractivity contribution in [3.8, 4) is 0 Å². The first-order valence-corrected chi connectivity index (χ1v) is 8.32. The summed E-state index contributed by atoms with van der Waals surface area (Å²) in [7, 11) is 1.90. The molecule has 0 amide bonds. The standard InChI is InChI=1S/C17H28N2O3/c1-4-5-10-22-16(20)13-6-8-14(9-7-13)17(2,21)15-11-19(3)12-18-15/h11-14,21H,4-10H2,1-3H3. The van der Waals surface area contributed by atoms with Crippen molar-refractivity contribution in [2.45, 2.75) is 58.0 Å². The molecule has 0 saturated heterocycles. The number of unbranched alkanes of at least 4 members (excludes halogenated alkanes) is 1. The van der Waals surface area contributed by atoms with Crippen molar-refractivity contribution in [3.05, 3.63) is 18.2 Å². The number of carbonyl (C=O) groups excluding carboxylic acids is 1. The lowest BCUT2D eigenvalue weighted by atomic mass is 9.73. The average Bonchev–Trinajstić information content (AvgIpc) is 2.95. The van der Waals surface area contributed by atoms with Gasteiger partial charge in [-0.2, -0.15) is 0 Å². The summed E-state index contributed by atoms with van der Waals surface area (Å²) in [6, 6.07) is 0. The fourth-order valence-electron chi connectivity index (χ4n) is 3.21. The van der Waals surface area contributed by atoms with E-state index in [0.29, 0.717) is 12.3 Å². The maximum Gasteiger partial charge on any atom is 0.308 e. The Morgan fingerprint density at radius 3 is 2.68 bits per heavy atom. The van der Waals surface area contributed by atoms with E-state index in [1.165, 1.54) is 0 Å². The molecule has 1 N–H and O–H groups in total. The van der Waals surface area contributed by atoms with Gasteiger partial charge in [-0.05, 0) is 44.9 Å². The number of esters is 1. The van der Waals surface area contributed by atoms with Crippen molar-refractivity contribution in [1.82, 2.24) is 9.55 Å². The number of carbonyl (C=O) groups is 1. The molecule has 1 atom stereocenters. The second-order valence-corrected chi connectivity index (χ2v) is 6.64. The Morgan fingerprint density at radius 1 is 1.45 bits per heavy atom. The minimum Gasteiger partial charge on any atom is -0.465 e. The molecule has 5 heteroatoms. The number of aliphatic hydroxyl groups is 1. The Labute approximate surface area is 132 Å². The molecule has 0 spiro atoms. The van der Waals surface area contributed by atoms with Crippen LogP contribution in [0.15, 0.2) is 12.5 Å². The van der Waals surface area contributed by atoms with Gasteiger partial charge in [0.2, 0.25) is 0 Å². The Kier molecular flexibility index (Phi) is 5.62. The van der Waals surface area contributed by atoms with Gasteiger partial charge in [0, 0.05) is 13.2 Å². The van der Waals surface area contributed by atoms with Crippen LogP contribution >= 0.6 is 0 Å². The third kappa shape index (κ3) is 3.88. The molecule has 0 aromatic carbocycles. The highest BCUT2D eigenvalue weighted by Gasteiger charge is 2.39. The quantitative estimate of drug-likeness (QED) is 0.648. The van der Waals surface area contributed by atoms with E-state index in [-0.39, 0.29) is 17.8 Å². The summed E-state index contributed by atoms with van der Waals surface area (Å²) in [5.74, 6) is 0.0686. The molecule has 1 aliphatic carbocycles. The molecule has 5 nitrogen and oxygen atoms in total. The number of ether oxygens (including phenoxy) is 1. The van der Waals surface area contributed by atoms with Crippen LogP contribution in [0.25, 0.3) is 0 Å². The molecule has 0 radical (unpaired) electrons. The van der Waals surface area contributed by atoms with Gasteiger partial charge < -0.3 is 14.4 Å². The van der Waals surface area contributed by atoms with Crippen LogP contribution < -0.4 is 0 Å². The van der Waals surface area contributed by atoms with E-state index in [0.717, 1.165) is 38.5 Å². The van der Waals surface area contributed by atoms with Crippen LogP contribution in [0, 0.1) is 11.8 Å². The van der Waals surface area contributed by atoms with Gasteiger partial charge in [-0.25, -0.2) is 4.98 Å². The van der Waals surface area contributed by atoms with Crippen LogP contribution in [0.2, 0.25) is 0 Å². The third-order valence-corrected chi connectivity index (χ3v) is 4.82. The molecule has 1 aromatic heterocycles. The Balaban J connectivity index is 1.87. The number of hydrogen-bond donors (Lipinski definition) is 1. The topological polar surface area (TPSA) is 64.3 Å². The average molecular weight is 308 g/mol. The number of aromatic nitrogens is 2. The van der Waals surface area contributed by atoms with Crippen LogP contribution in [0.3, 0.4) is 0 Å². The largest absolute Gasteiger partial charge is 0.465 e. The minimum absolute atomic E-state index is 0.00682. The molecule has 1 unspecified atom stereocenters. The third-order valence-electron chi connectivity index (χ3n) is 4.82. The summed E-state index contributed by atoms with van der Waals surface area (Å²) >= 11 is 0. The van der Waals surface area contributed by atoms with Crippen LogP contribution in [0.4, 0.5) is 0 Å². The molecule has 2 rings (SSSR count). The molecule has 0 aliphatic heterocycles. The molecule has 0 bridgehead atoms. The van der Waals surface area contributed by atoms with E-state index in [2.05, 4.69) is 11.9 Å². The molecule has 1 fully saturated rings. The van der Waals surface area contributed by atoms with Gasteiger partial charge in [0.05, 0.1) is 24.5 Å². The van der Waals surface area contributed by atoms with Gasteiger partial charge in [-0.3, -0.25) is 4.79 Å². The summed E-state index contributed by atoms with van der Waals surface area (Å²) in [5.41, 5.74) is -0.220. The number of imidazole rings is 1. The maximum atomic E-state index is 12.0. The molecular weight excluding hydrogens is 280 g/mol. The van der Waals surface area contributed by atoms with Gasteiger partial charge in [0.25, 0.3) is 0 Å². The van der Waals surface area contributed by atoms with Crippen molar-refractivity contribution in [3.63, 3.8) is 0 Å². The lowest BCUT2D eigenvalue weighted by Crippen LogP contribution is -2.36. The highest BCUT2D eigenvalue weighted by atomic mass is 16.5. The fraction of sp³-hybridized carbons (Fsp3) is 0.765. The highest BCUT2D eigenvalue weighted by molar-refractivity contribution is 5.72. The first-order chi connectivity index (χ1) is 10.4. The van der Waals surface area contributed by atoms with Crippen LogP contribution in [-0.2, 0) is 22.2 Å². The normalized spacial score (nSPS) is 24.7. The molecule has 124 valence electrons. The van der Waals surface area contributed by atoms with Gasteiger partial charge >= 0.3 is 5.97 Å². The monoisotopic (exact) mass is 308 g/mol. The maximum absolute atomic E-state index is 12.0. The van der Waals surface area contributed by atoms with Crippen molar-refractivity contribution in [2.75, 3.05) is 6.61 Å².